The number of piperidine rings is 1. The number of nitrogens with zero attached hydrogens (tertiary/aromatic N) is 4. The monoisotopic (exact) mass is 387 g/mol. The lowest BCUT2D eigenvalue weighted by Gasteiger charge is -2.26. The highest BCUT2D eigenvalue weighted by Gasteiger charge is 2.19. The molecular formula is C20H26ClN5O. The van der Waals surface area contributed by atoms with Crippen LogP contribution in [0.4, 0.5) is 17.3 Å². The number of halogens is 1. The molecule has 0 spiro atoms. The minimum atomic E-state index is 0.000826. The van der Waals surface area contributed by atoms with Gasteiger partial charge in [-0.2, -0.15) is 0 Å². The van der Waals surface area contributed by atoms with Crippen LogP contribution >= 0.6 is 11.6 Å². The molecule has 3 heterocycles. The van der Waals surface area contributed by atoms with E-state index >= 15 is 0 Å². The van der Waals surface area contributed by atoms with Gasteiger partial charge in [0.1, 0.15) is 11.6 Å². The molecule has 1 aliphatic rings. The van der Waals surface area contributed by atoms with Crippen molar-refractivity contribution in [2.75, 3.05) is 36.4 Å². The summed E-state index contributed by atoms with van der Waals surface area (Å²) in [4.78, 5) is 25.5. The summed E-state index contributed by atoms with van der Waals surface area (Å²) in [5.74, 6) is 1.46. The third-order valence-electron chi connectivity index (χ3n) is 4.83. The van der Waals surface area contributed by atoms with Crippen LogP contribution < -0.4 is 10.2 Å². The number of likely N-dealkylation sites (tertiary alicyclic amines) is 1. The van der Waals surface area contributed by atoms with E-state index in [1.54, 1.807) is 18.5 Å². The van der Waals surface area contributed by atoms with Gasteiger partial charge in [0, 0.05) is 32.4 Å². The fourth-order valence-corrected chi connectivity index (χ4v) is 3.47. The van der Waals surface area contributed by atoms with E-state index in [1.807, 2.05) is 17.0 Å². The Kier molecular flexibility index (Phi) is 6.50. The van der Waals surface area contributed by atoms with Gasteiger partial charge in [-0.05, 0) is 51.3 Å². The Morgan fingerprint density at radius 3 is 2.48 bits per heavy atom. The van der Waals surface area contributed by atoms with Crippen LogP contribution in [0.1, 0.15) is 43.5 Å². The normalized spacial score (nSPS) is 14.1. The quantitative estimate of drug-likeness (QED) is 0.798. The molecule has 144 valence electrons. The highest BCUT2D eigenvalue weighted by Crippen LogP contribution is 2.25. The molecule has 1 fully saturated rings. The molecule has 0 atom stereocenters. The molecule has 0 unspecified atom stereocenters. The molecule has 1 saturated heterocycles. The first kappa shape index (κ1) is 19.4. The van der Waals surface area contributed by atoms with Gasteiger partial charge >= 0.3 is 0 Å². The zero-order valence-corrected chi connectivity index (χ0v) is 16.7. The van der Waals surface area contributed by atoms with Crippen molar-refractivity contribution in [1.29, 1.82) is 0 Å². The van der Waals surface area contributed by atoms with Gasteiger partial charge in [-0.25, -0.2) is 9.97 Å². The maximum absolute atomic E-state index is 12.6. The van der Waals surface area contributed by atoms with Gasteiger partial charge in [0.2, 0.25) is 0 Å². The van der Waals surface area contributed by atoms with Gasteiger partial charge in [0.15, 0.2) is 0 Å². The van der Waals surface area contributed by atoms with Crippen molar-refractivity contribution in [3.63, 3.8) is 0 Å². The number of carbonyl (C=O) groups excluding carboxylic acids is 1. The molecule has 0 radical (unpaired) electrons. The molecular weight excluding hydrogens is 362 g/mol. The fraction of sp³-hybridized carbons (Fsp3) is 0.450. The number of aromatic nitrogens is 2. The van der Waals surface area contributed by atoms with Gasteiger partial charge in [-0.3, -0.25) is 4.79 Å². The zero-order valence-electron chi connectivity index (χ0n) is 15.9. The number of rotatable bonds is 6. The van der Waals surface area contributed by atoms with Crippen LogP contribution in [0.25, 0.3) is 0 Å². The molecule has 0 aliphatic carbocycles. The molecule has 2 aromatic rings. The molecule has 1 N–H and O–H groups in total. The molecule has 3 rings (SSSR count). The molecule has 1 amide bonds. The highest BCUT2D eigenvalue weighted by molar-refractivity contribution is 6.33. The third kappa shape index (κ3) is 4.69. The first-order chi connectivity index (χ1) is 13.1. The number of nitrogens with one attached hydrogen (secondary N) is 1. The molecule has 0 aromatic carbocycles. The fourth-order valence-electron chi connectivity index (χ4n) is 3.26. The van der Waals surface area contributed by atoms with Crippen LogP contribution in [0.15, 0.2) is 30.6 Å². The summed E-state index contributed by atoms with van der Waals surface area (Å²) in [6.07, 6.45) is 6.65. The first-order valence-electron chi connectivity index (χ1n) is 9.55. The number of amides is 1. The van der Waals surface area contributed by atoms with E-state index in [0.717, 1.165) is 50.5 Å². The Hall–Kier alpha value is -2.34. The van der Waals surface area contributed by atoms with Crippen LogP contribution in [-0.2, 0) is 0 Å². The molecule has 0 saturated carbocycles. The summed E-state index contributed by atoms with van der Waals surface area (Å²) in [5.41, 5.74) is 1.33. The Balaban J connectivity index is 1.69. The van der Waals surface area contributed by atoms with Crippen LogP contribution in [0.5, 0.6) is 0 Å². The highest BCUT2D eigenvalue weighted by atomic mass is 35.5. The summed E-state index contributed by atoms with van der Waals surface area (Å²) >= 11 is 6.36. The zero-order chi connectivity index (χ0) is 19.2. The minimum Gasteiger partial charge on any atom is -0.357 e. The molecule has 6 nitrogen and oxygen atoms in total. The third-order valence-corrected chi connectivity index (χ3v) is 5.12. The summed E-state index contributed by atoms with van der Waals surface area (Å²) < 4.78 is 0. The molecule has 27 heavy (non-hydrogen) atoms. The second-order valence-electron chi connectivity index (χ2n) is 6.61. The first-order valence-corrected chi connectivity index (χ1v) is 9.93. The van der Waals surface area contributed by atoms with Crippen LogP contribution in [-0.4, -0.2) is 47.0 Å². The summed E-state index contributed by atoms with van der Waals surface area (Å²) in [5, 5.41) is 3.59. The van der Waals surface area contributed by atoms with Crippen molar-refractivity contribution < 1.29 is 4.79 Å². The van der Waals surface area contributed by atoms with Crippen molar-refractivity contribution >= 4 is 34.8 Å². The molecule has 7 heteroatoms. The van der Waals surface area contributed by atoms with Gasteiger partial charge in [0.05, 0.1) is 22.5 Å². The predicted octanol–water partition coefficient (Wildman–Crippen LogP) is 4.35. The summed E-state index contributed by atoms with van der Waals surface area (Å²) in [6, 6.07) is 5.61. The number of hydrogen-bond acceptors (Lipinski definition) is 5. The lowest BCUT2D eigenvalue weighted by molar-refractivity contribution is 0.0724. The van der Waals surface area contributed by atoms with Crippen LogP contribution in [0.2, 0.25) is 5.02 Å². The van der Waals surface area contributed by atoms with Crippen LogP contribution in [0, 0.1) is 0 Å². The Bertz CT molecular complexity index is 770. The van der Waals surface area contributed by atoms with E-state index in [1.165, 1.54) is 6.42 Å². The standard InChI is InChI=1S/C20H26ClN5O/c1-3-25(4-2)18-9-8-16(14-22-18)24-19-17(21)12-15(13-23-19)20(27)26-10-6-5-7-11-26/h8-9,12-14H,3-7,10-11H2,1-2H3,(H,23,24). The molecule has 2 aromatic heterocycles. The van der Waals surface area contributed by atoms with Crippen molar-refractivity contribution in [3.05, 3.63) is 41.2 Å². The Morgan fingerprint density at radius 1 is 1.15 bits per heavy atom. The Labute approximate surface area is 165 Å². The van der Waals surface area contributed by atoms with Gasteiger partial charge < -0.3 is 15.1 Å². The largest absolute Gasteiger partial charge is 0.357 e. The SMILES string of the molecule is CCN(CC)c1ccc(Nc2ncc(C(=O)N3CCCCC3)cc2Cl)cn1. The van der Waals surface area contributed by atoms with E-state index in [9.17, 15) is 4.79 Å². The predicted molar refractivity (Wildman–Crippen MR) is 110 cm³/mol. The van der Waals surface area contributed by atoms with E-state index in [-0.39, 0.29) is 5.91 Å². The Morgan fingerprint density at radius 2 is 1.89 bits per heavy atom. The van der Waals surface area contributed by atoms with E-state index in [0.29, 0.717) is 16.4 Å². The van der Waals surface area contributed by atoms with Gasteiger partial charge in [0.25, 0.3) is 5.91 Å². The smallest absolute Gasteiger partial charge is 0.255 e. The van der Waals surface area contributed by atoms with Crippen molar-refractivity contribution in [2.24, 2.45) is 0 Å². The van der Waals surface area contributed by atoms with Gasteiger partial charge in [-0.1, -0.05) is 11.6 Å². The van der Waals surface area contributed by atoms with Crippen molar-refractivity contribution in [2.45, 2.75) is 33.1 Å². The van der Waals surface area contributed by atoms with Crippen LogP contribution in [0.3, 0.4) is 0 Å². The minimum absolute atomic E-state index is 0.000826. The summed E-state index contributed by atoms with van der Waals surface area (Å²) in [7, 11) is 0. The molecule has 1 aliphatic heterocycles. The van der Waals surface area contributed by atoms with E-state index in [2.05, 4.69) is 34.0 Å². The average Bonchev–Trinajstić information content (AvgIpc) is 2.71. The maximum Gasteiger partial charge on any atom is 0.255 e. The summed E-state index contributed by atoms with van der Waals surface area (Å²) in [6.45, 7) is 7.65. The van der Waals surface area contributed by atoms with E-state index < -0.39 is 0 Å². The maximum atomic E-state index is 12.6. The van der Waals surface area contributed by atoms with E-state index in [4.69, 9.17) is 11.6 Å². The number of pyridine rings is 2. The molecule has 0 bridgehead atoms. The average molecular weight is 388 g/mol. The topological polar surface area (TPSA) is 61.4 Å². The number of carbonyl (C=O) groups is 1. The van der Waals surface area contributed by atoms with Gasteiger partial charge in [-0.15, -0.1) is 0 Å². The van der Waals surface area contributed by atoms with Crippen molar-refractivity contribution in [1.82, 2.24) is 14.9 Å². The second kappa shape index (κ2) is 9.04. The lowest BCUT2D eigenvalue weighted by Crippen LogP contribution is -2.35. The van der Waals surface area contributed by atoms with Crippen molar-refractivity contribution in [3.8, 4) is 0 Å². The number of hydrogen-bond donors (Lipinski definition) is 1. The lowest BCUT2D eigenvalue weighted by atomic mass is 10.1. The number of anilines is 3. The second-order valence-corrected chi connectivity index (χ2v) is 7.02.